The van der Waals surface area contributed by atoms with Crippen LogP contribution in [-0.2, 0) is 5.41 Å². The Kier molecular flexibility index (Phi) is 3.30. The molecule has 2 aliphatic rings. The van der Waals surface area contributed by atoms with Gasteiger partial charge in [-0.15, -0.1) is 0 Å². The summed E-state index contributed by atoms with van der Waals surface area (Å²) in [6, 6.07) is 8.66. The highest BCUT2D eigenvalue weighted by molar-refractivity contribution is 5.34. The van der Waals surface area contributed by atoms with Crippen LogP contribution in [0, 0.1) is 5.92 Å². The topological polar surface area (TPSA) is 23.5 Å². The maximum atomic E-state index is 9.77. The number of rotatable bonds is 1. The Morgan fingerprint density at radius 3 is 2.95 bits per heavy atom. The predicted octanol–water partition coefficient (Wildman–Crippen LogP) is 3.54. The van der Waals surface area contributed by atoms with Crippen LogP contribution in [0.1, 0.15) is 45.1 Å². The fraction of sp³-hybridized carbons (Fsp3) is 0.647. The van der Waals surface area contributed by atoms with Gasteiger partial charge in [0.25, 0.3) is 0 Å². The summed E-state index contributed by atoms with van der Waals surface area (Å²) >= 11 is 0. The smallest absolute Gasteiger partial charge is 0.115 e. The lowest BCUT2D eigenvalue weighted by Gasteiger charge is -2.51. The summed E-state index contributed by atoms with van der Waals surface area (Å²) in [5, 5.41) is 9.77. The molecular weight excluding hydrogens is 234 g/mol. The van der Waals surface area contributed by atoms with Crippen LogP contribution < -0.4 is 0 Å². The van der Waals surface area contributed by atoms with E-state index in [-0.39, 0.29) is 5.41 Å². The summed E-state index contributed by atoms with van der Waals surface area (Å²) in [4.78, 5) is 2.69. The zero-order valence-corrected chi connectivity index (χ0v) is 12.1. The van der Waals surface area contributed by atoms with E-state index in [0.29, 0.717) is 11.7 Å². The Balaban J connectivity index is 1.90. The van der Waals surface area contributed by atoms with Gasteiger partial charge in [-0.3, -0.25) is 0 Å². The Morgan fingerprint density at radius 2 is 2.16 bits per heavy atom. The maximum absolute atomic E-state index is 9.77. The van der Waals surface area contributed by atoms with E-state index in [2.05, 4.69) is 24.8 Å². The summed E-state index contributed by atoms with van der Waals surface area (Å²) in [6.45, 7) is 7.25. The maximum Gasteiger partial charge on any atom is 0.115 e. The third kappa shape index (κ3) is 2.27. The number of nitrogens with zero attached hydrogens (tertiary/aromatic N) is 1. The number of phenolic OH excluding ortho intramolecular Hbond substituents is 1. The van der Waals surface area contributed by atoms with Crippen molar-refractivity contribution in [2.45, 2.75) is 51.0 Å². The van der Waals surface area contributed by atoms with Gasteiger partial charge in [0.05, 0.1) is 0 Å². The van der Waals surface area contributed by atoms with E-state index >= 15 is 0 Å². The molecule has 2 heterocycles. The molecule has 19 heavy (non-hydrogen) atoms. The molecule has 104 valence electrons. The second-order valence-corrected chi connectivity index (χ2v) is 6.72. The van der Waals surface area contributed by atoms with Gasteiger partial charge in [0.2, 0.25) is 0 Å². The second-order valence-electron chi connectivity index (χ2n) is 6.72. The van der Waals surface area contributed by atoms with Gasteiger partial charge in [0.1, 0.15) is 5.75 Å². The molecule has 2 heteroatoms. The van der Waals surface area contributed by atoms with E-state index in [1.165, 1.54) is 44.3 Å². The van der Waals surface area contributed by atoms with E-state index in [0.717, 1.165) is 6.04 Å². The van der Waals surface area contributed by atoms with E-state index in [1.54, 1.807) is 6.07 Å². The minimum absolute atomic E-state index is 0.206. The van der Waals surface area contributed by atoms with E-state index < -0.39 is 0 Å². The first-order valence-electron chi connectivity index (χ1n) is 7.63. The SMILES string of the molecule is C[C@H]1CN2CCCCC2C[C@@]1(C)c1cccc(O)c1. The van der Waals surface area contributed by atoms with Crippen molar-refractivity contribution < 1.29 is 5.11 Å². The third-order valence-corrected chi connectivity index (χ3v) is 5.51. The van der Waals surface area contributed by atoms with Gasteiger partial charge >= 0.3 is 0 Å². The first-order valence-corrected chi connectivity index (χ1v) is 7.63. The lowest BCUT2D eigenvalue weighted by molar-refractivity contribution is 0.0308. The van der Waals surface area contributed by atoms with Crippen molar-refractivity contribution in [1.29, 1.82) is 0 Å². The normalized spacial score (nSPS) is 35.9. The molecule has 2 nitrogen and oxygen atoms in total. The summed E-state index contributed by atoms with van der Waals surface area (Å²) < 4.78 is 0. The molecule has 0 aromatic heterocycles. The zero-order chi connectivity index (χ0) is 13.5. The second kappa shape index (κ2) is 4.82. The molecule has 0 bridgehead atoms. The van der Waals surface area contributed by atoms with Crippen LogP contribution in [0.2, 0.25) is 0 Å². The van der Waals surface area contributed by atoms with Crippen molar-refractivity contribution >= 4 is 0 Å². The zero-order valence-electron chi connectivity index (χ0n) is 12.1. The highest BCUT2D eigenvalue weighted by atomic mass is 16.3. The molecule has 2 saturated heterocycles. The largest absolute Gasteiger partial charge is 0.508 e. The quantitative estimate of drug-likeness (QED) is 0.834. The summed E-state index contributed by atoms with van der Waals surface area (Å²) in [5.74, 6) is 1.04. The van der Waals surface area contributed by atoms with Gasteiger partial charge in [-0.25, -0.2) is 0 Å². The van der Waals surface area contributed by atoms with Gasteiger partial charge in [-0.05, 0) is 54.8 Å². The number of piperidine rings is 2. The van der Waals surface area contributed by atoms with Crippen LogP contribution in [-0.4, -0.2) is 29.1 Å². The van der Waals surface area contributed by atoms with E-state index in [9.17, 15) is 5.11 Å². The van der Waals surface area contributed by atoms with Crippen LogP contribution in [0.25, 0.3) is 0 Å². The van der Waals surface area contributed by atoms with Crippen molar-refractivity contribution in [3.05, 3.63) is 29.8 Å². The number of aromatic hydroxyl groups is 1. The van der Waals surface area contributed by atoms with Crippen molar-refractivity contribution in [2.75, 3.05) is 13.1 Å². The molecule has 3 rings (SSSR count). The van der Waals surface area contributed by atoms with E-state index in [1.807, 2.05) is 12.1 Å². The van der Waals surface area contributed by atoms with Gasteiger partial charge < -0.3 is 10.0 Å². The Labute approximate surface area is 116 Å². The van der Waals surface area contributed by atoms with Crippen molar-refractivity contribution in [2.24, 2.45) is 5.92 Å². The van der Waals surface area contributed by atoms with Crippen molar-refractivity contribution in [1.82, 2.24) is 4.90 Å². The first kappa shape index (κ1) is 13.0. The predicted molar refractivity (Wildman–Crippen MR) is 78.5 cm³/mol. The average Bonchev–Trinajstić information content (AvgIpc) is 2.40. The first-order chi connectivity index (χ1) is 9.09. The lowest BCUT2D eigenvalue weighted by Crippen LogP contribution is -2.54. The highest BCUT2D eigenvalue weighted by Crippen LogP contribution is 2.44. The fourth-order valence-electron chi connectivity index (χ4n) is 4.04. The standard InChI is InChI=1S/C17H25NO/c1-13-12-18-9-4-3-7-15(18)11-17(13,2)14-6-5-8-16(19)10-14/h5-6,8,10,13,15,19H,3-4,7,9,11-12H2,1-2H3/t13-,15?,17+/m0/s1. The summed E-state index contributed by atoms with van der Waals surface area (Å²) in [5.41, 5.74) is 1.52. The molecule has 0 saturated carbocycles. The minimum atomic E-state index is 0.206. The molecule has 0 radical (unpaired) electrons. The number of hydrogen-bond donors (Lipinski definition) is 1. The molecule has 3 atom stereocenters. The summed E-state index contributed by atoms with van der Waals surface area (Å²) in [6.07, 6.45) is 5.33. The molecule has 1 aromatic carbocycles. The molecular formula is C17H25NO. The number of fused-ring (bicyclic) bond motifs is 1. The van der Waals surface area contributed by atoms with E-state index in [4.69, 9.17) is 0 Å². The fourth-order valence-corrected chi connectivity index (χ4v) is 4.04. The Bertz CT molecular complexity index is 458. The molecule has 1 aromatic rings. The van der Waals surface area contributed by atoms with Crippen LogP contribution in [0.5, 0.6) is 5.75 Å². The summed E-state index contributed by atoms with van der Waals surface area (Å²) in [7, 11) is 0. The van der Waals surface area contributed by atoms with Crippen LogP contribution in [0.4, 0.5) is 0 Å². The lowest BCUT2D eigenvalue weighted by atomic mass is 9.65. The van der Waals surface area contributed by atoms with Crippen LogP contribution in [0.3, 0.4) is 0 Å². The van der Waals surface area contributed by atoms with Gasteiger partial charge in [0.15, 0.2) is 0 Å². The number of phenols is 1. The average molecular weight is 259 g/mol. The van der Waals surface area contributed by atoms with Gasteiger partial charge in [0, 0.05) is 12.6 Å². The Morgan fingerprint density at radius 1 is 1.32 bits per heavy atom. The monoisotopic (exact) mass is 259 g/mol. The molecule has 1 N–H and O–H groups in total. The van der Waals surface area contributed by atoms with Crippen molar-refractivity contribution in [3.63, 3.8) is 0 Å². The number of hydrogen-bond acceptors (Lipinski definition) is 2. The molecule has 0 aliphatic carbocycles. The van der Waals surface area contributed by atoms with Crippen LogP contribution in [0.15, 0.2) is 24.3 Å². The van der Waals surface area contributed by atoms with Crippen molar-refractivity contribution in [3.8, 4) is 5.75 Å². The Hall–Kier alpha value is -1.02. The molecule has 0 spiro atoms. The van der Waals surface area contributed by atoms with Crippen LogP contribution >= 0.6 is 0 Å². The minimum Gasteiger partial charge on any atom is -0.508 e. The molecule has 2 fully saturated rings. The highest BCUT2D eigenvalue weighted by Gasteiger charge is 2.43. The number of benzene rings is 1. The molecule has 0 amide bonds. The van der Waals surface area contributed by atoms with Gasteiger partial charge in [-0.2, -0.15) is 0 Å². The molecule has 1 unspecified atom stereocenters. The third-order valence-electron chi connectivity index (χ3n) is 5.51. The van der Waals surface area contributed by atoms with Gasteiger partial charge in [-0.1, -0.05) is 32.4 Å². The molecule has 2 aliphatic heterocycles.